The van der Waals surface area contributed by atoms with Gasteiger partial charge in [-0.1, -0.05) is 108 Å². The summed E-state index contributed by atoms with van der Waals surface area (Å²) in [6.07, 6.45) is 33.6. The van der Waals surface area contributed by atoms with Crippen molar-refractivity contribution in [2.75, 3.05) is 0 Å². The van der Waals surface area contributed by atoms with Crippen molar-refractivity contribution < 1.29 is 0 Å². The summed E-state index contributed by atoms with van der Waals surface area (Å²) in [4.78, 5) is 0. The summed E-state index contributed by atoms with van der Waals surface area (Å²) in [5.41, 5.74) is 5.85. The molecule has 0 radical (unpaired) electrons. The van der Waals surface area contributed by atoms with Gasteiger partial charge in [0, 0.05) is 0 Å². The first kappa shape index (κ1) is 23.1. The fraction of sp³-hybridized carbons (Fsp3) is 0.355. The highest BCUT2D eigenvalue weighted by Gasteiger charge is 2.13. The summed E-state index contributed by atoms with van der Waals surface area (Å²) in [5, 5.41) is 0. The molecule has 31 heavy (non-hydrogen) atoms. The monoisotopic (exact) mass is 410 g/mol. The first-order valence-corrected chi connectivity index (χ1v) is 12.0. The highest BCUT2D eigenvalue weighted by atomic mass is 14.2. The van der Waals surface area contributed by atoms with Gasteiger partial charge in [-0.25, -0.2) is 0 Å². The second kappa shape index (κ2) is 13.0. The fourth-order valence-electron chi connectivity index (χ4n) is 4.42. The molecule has 3 aliphatic carbocycles. The van der Waals surface area contributed by atoms with Gasteiger partial charge in [0.15, 0.2) is 0 Å². The van der Waals surface area contributed by atoms with Gasteiger partial charge >= 0.3 is 0 Å². The lowest BCUT2D eigenvalue weighted by molar-refractivity contribution is 0.473. The summed E-state index contributed by atoms with van der Waals surface area (Å²) >= 11 is 0. The third kappa shape index (κ3) is 8.21. The van der Waals surface area contributed by atoms with Crippen molar-refractivity contribution in [3.8, 4) is 0 Å². The van der Waals surface area contributed by atoms with Crippen LogP contribution in [0.2, 0.25) is 0 Å². The Morgan fingerprint density at radius 2 is 1.87 bits per heavy atom. The van der Waals surface area contributed by atoms with E-state index in [1.54, 1.807) is 5.57 Å². The van der Waals surface area contributed by atoms with Gasteiger partial charge in [0.2, 0.25) is 0 Å². The normalized spacial score (nSPS) is 22.8. The number of rotatable bonds is 6. The molecule has 162 valence electrons. The maximum Gasteiger partial charge on any atom is -0.0105 e. The predicted octanol–water partition coefficient (Wildman–Crippen LogP) is 9.18. The van der Waals surface area contributed by atoms with Gasteiger partial charge < -0.3 is 0 Å². The lowest BCUT2D eigenvalue weighted by Crippen LogP contribution is -2.03. The van der Waals surface area contributed by atoms with Crippen molar-refractivity contribution in [2.45, 2.75) is 58.8 Å². The third-order valence-corrected chi connectivity index (χ3v) is 6.21. The van der Waals surface area contributed by atoms with Gasteiger partial charge in [-0.05, 0) is 81.8 Å². The fourth-order valence-corrected chi connectivity index (χ4v) is 4.42. The largest absolute Gasteiger partial charge is 0.0885 e. The molecule has 0 saturated carbocycles. The van der Waals surface area contributed by atoms with Gasteiger partial charge in [-0.15, -0.1) is 0 Å². The molecule has 3 aliphatic rings. The van der Waals surface area contributed by atoms with Crippen LogP contribution >= 0.6 is 0 Å². The zero-order valence-electron chi connectivity index (χ0n) is 19.3. The Morgan fingerprint density at radius 3 is 2.52 bits per heavy atom. The first-order valence-electron chi connectivity index (χ1n) is 12.0. The zero-order valence-corrected chi connectivity index (χ0v) is 19.3. The molecule has 2 atom stereocenters. The molecule has 0 saturated heterocycles. The second-order valence-electron chi connectivity index (χ2n) is 8.94. The van der Waals surface area contributed by atoms with Crippen molar-refractivity contribution in [3.05, 3.63) is 114 Å². The smallest absolute Gasteiger partial charge is 0.0105 e. The number of hydrogen-bond acceptors (Lipinski definition) is 0. The van der Waals surface area contributed by atoms with E-state index in [2.05, 4.69) is 104 Å². The van der Waals surface area contributed by atoms with Crippen molar-refractivity contribution in [2.24, 2.45) is 11.8 Å². The van der Waals surface area contributed by atoms with E-state index in [1.165, 1.54) is 48.8 Å². The molecular formula is C31H38. The van der Waals surface area contributed by atoms with Crippen LogP contribution in [-0.2, 0) is 0 Å². The van der Waals surface area contributed by atoms with Crippen molar-refractivity contribution in [1.82, 2.24) is 0 Å². The number of hydrogen-bond donors (Lipinski definition) is 0. The average Bonchev–Trinajstić information content (AvgIpc) is 3.23. The number of allylic oxidation sites excluding steroid dienone is 14. The molecule has 0 heterocycles. The second-order valence-corrected chi connectivity index (χ2v) is 8.94. The van der Waals surface area contributed by atoms with E-state index in [0.29, 0.717) is 5.92 Å². The summed E-state index contributed by atoms with van der Waals surface area (Å²) in [5.74, 6) is 1.58. The molecule has 0 N–H and O–H groups in total. The molecule has 0 fully saturated rings. The lowest BCUT2D eigenvalue weighted by Gasteiger charge is -2.18. The highest BCUT2D eigenvalue weighted by molar-refractivity contribution is 5.74. The maximum atomic E-state index is 2.35. The van der Waals surface area contributed by atoms with E-state index in [-0.39, 0.29) is 0 Å². The minimum atomic E-state index is 0.652. The number of benzene rings is 1. The van der Waals surface area contributed by atoms with Gasteiger partial charge in [-0.2, -0.15) is 0 Å². The van der Waals surface area contributed by atoms with Gasteiger partial charge in [0.25, 0.3) is 0 Å². The van der Waals surface area contributed by atoms with Crippen LogP contribution in [0.25, 0.3) is 5.57 Å². The summed E-state index contributed by atoms with van der Waals surface area (Å²) in [7, 11) is 0. The van der Waals surface area contributed by atoms with Crippen LogP contribution in [0.1, 0.15) is 64.4 Å². The van der Waals surface area contributed by atoms with E-state index in [1.807, 2.05) is 6.92 Å². The Morgan fingerprint density at radius 1 is 1.00 bits per heavy atom. The van der Waals surface area contributed by atoms with Gasteiger partial charge in [0.1, 0.15) is 0 Å². The van der Waals surface area contributed by atoms with Crippen molar-refractivity contribution >= 4 is 5.57 Å². The van der Waals surface area contributed by atoms with Crippen LogP contribution in [0.15, 0.2) is 108 Å². The summed E-state index contributed by atoms with van der Waals surface area (Å²) in [6.45, 7) is 4.27. The van der Waals surface area contributed by atoms with Gasteiger partial charge in [0.05, 0.1) is 0 Å². The van der Waals surface area contributed by atoms with E-state index >= 15 is 0 Å². The van der Waals surface area contributed by atoms with Crippen LogP contribution in [-0.4, -0.2) is 0 Å². The Kier molecular flexibility index (Phi) is 9.64. The molecular weight excluding hydrogens is 372 g/mol. The Balaban J connectivity index is 0.000000185. The molecule has 4 rings (SSSR count). The minimum Gasteiger partial charge on any atom is -0.0885 e. The van der Waals surface area contributed by atoms with Crippen LogP contribution in [0, 0.1) is 11.8 Å². The van der Waals surface area contributed by atoms with Crippen LogP contribution in [0.4, 0.5) is 0 Å². The van der Waals surface area contributed by atoms with Crippen LogP contribution in [0.3, 0.4) is 0 Å². The quantitative estimate of drug-likeness (QED) is 0.324. The molecule has 0 spiro atoms. The van der Waals surface area contributed by atoms with E-state index < -0.39 is 0 Å². The molecule has 0 bridgehead atoms. The third-order valence-electron chi connectivity index (χ3n) is 6.21. The molecule has 0 amide bonds. The maximum absolute atomic E-state index is 2.35. The van der Waals surface area contributed by atoms with E-state index in [0.717, 1.165) is 18.8 Å². The highest BCUT2D eigenvalue weighted by Crippen LogP contribution is 2.30. The Bertz CT molecular complexity index is 883. The molecule has 0 nitrogen and oxygen atoms in total. The van der Waals surface area contributed by atoms with Crippen molar-refractivity contribution in [3.63, 3.8) is 0 Å². The van der Waals surface area contributed by atoms with Gasteiger partial charge in [-0.3, -0.25) is 0 Å². The first-order chi connectivity index (χ1) is 15.2. The van der Waals surface area contributed by atoms with Crippen LogP contribution < -0.4 is 0 Å². The molecule has 0 aliphatic heterocycles. The van der Waals surface area contributed by atoms with E-state index in [4.69, 9.17) is 0 Å². The molecule has 1 aromatic rings. The molecule has 0 aromatic heterocycles. The lowest BCUT2D eigenvalue weighted by atomic mass is 9.88. The summed E-state index contributed by atoms with van der Waals surface area (Å²) in [6, 6.07) is 10.6. The Labute approximate surface area is 190 Å². The molecule has 2 unspecified atom stereocenters. The van der Waals surface area contributed by atoms with Crippen LogP contribution in [0.5, 0.6) is 0 Å². The molecule has 1 aromatic carbocycles. The SMILES string of the molecule is C/C=C\C=C/CC1C=CC(c2ccccc2)=CC1.CC1=CC=C(CC2CC=CCC2)C1. The topological polar surface area (TPSA) is 0 Å². The minimum absolute atomic E-state index is 0.652. The summed E-state index contributed by atoms with van der Waals surface area (Å²) < 4.78 is 0. The molecule has 0 heteroatoms. The van der Waals surface area contributed by atoms with E-state index in [9.17, 15) is 0 Å². The van der Waals surface area contributed by atoms with Crippen molar-refractivity contribution in [1.29, 1.82) is 0 Å². The Hall–Kier alpha value is -2.60. The standard InChI is InChI=1S/C18H20.C13H18/c1-2-3-4-6-9-16-12-14-18(15-13-16)17-10-7-5-8-11-17;1-11-7-8-13(9-11)10-12-5-3-2-4-6-12/h2-8,10-12,14-16H,9,13H2,1H3;2-3,7-8,12H,4-6,9-10H2,1H3/b3-2-,6-4-;. The predicted molar refractivity (Wildman–Crippen MR) is 138 cm³/mol. The average molecular weight is 411 g/mol. The zero-order chi connectivity index (χ0) is 21.7.